The van der Waals surface area contributed by atoms with E-state index in [1.165, 1.54) is 6.07 Å². The van der Waals surface area contributed by atoms with Crippen molar-refractivity contribution < 1.29 is 13.5 Å². The van der Waals surface area contributed by atoms with Gasteiger partial charge in [0.05, 0.1) is 6.20 Å². The van der Waals surface area contributed by atoms with Gasteiger partial charge in [0.25, 0.3) is 0 Å². The number of halogens is 2. The summed E-state index contributed by atoms with van der Waals surface area (Å²) in [5.74, 6) is -0.915. The molecule has 2 nitrogen and oxygen atoms in total. The van der Waals surface area contributed by atoms with Crippen molar-refractivity contribution in [3.8, 4) is 11.6 Å². The summed E-state index contributed by atoms with van der Waals surface area (Å²) in [6.07, 6.45) is 2.81. The third-order valence-electron chi connectivity index (χ3n) is 1.93. The lowest BCUT2D eigenvalue weighted by Gasteiger charge is -2.06. The van der Waals surface area contributed by atoms with E-state index in [9.17, 15) is 8.78 Å². The minimum Gasteiger partial charge on any atom is -0.438 e. The highest BCUT2D eigenvalue weighted by molar-refractivity contribution is 5.29. The maximum absolute atomic E-state index is 13.2. The van der Waals surface area contributed by atoms with Crippen LogP contribution in [0, 0.1) is 17.8 Å². The van der Waals surface area contributed by atoms with Crippen LogP contribution >= 0.6 is 0 Å². The van der Waals surface area contributed by atoms with Gasteiger partial charge in [-0.05, 0) is 18.2 Å². The van der Waals surface area contributed by atoms with Gasteiger partial charge in [0.2, 0.25) is 0 Å². The summed E-state index contributed by atoms with van der Waals surface area (Å²) >= 11 is 0. The highest BCUT2D eigenvalue weighted by Gasteiger charge is 2.07. The van der Waals surface area contributed by atoms with E-state index in [1.54, 1.807) is 23.7 Å². The van der Waals surface area contributed by atoms with Gasteiger partial charge in [-0.1, -0.05) is 0 Å². The summed E-state index contributed by atoms with van der Waals surface area (Å²) < 4.78 is 32.6. The highest BCUT2D eigenvalue weighted by Crippen LogP contribution is 2.24. The van der Waals surface area contributed by atoms with Crippen molar-refractivity contribution in [3.63, 3.8) is 0 Å². The van der Waals surface area contributed by atoms with E-state index in [-0.39, 0.29) is 5.75 Å². The SMILES string of the molecule is Cn1[c]ccc1Oc1ccc(F)cc1F. The molecule has 2 aromatic rings. The fourth-order valence-corrected chi connectivity index (χ4v) is 1.17. The van der Waals surface area contributed by atoms with Crippen LogP contribution in [-0.2, 0) is 7.05 Å². The van der Waals surface area contributed by atoms with Gasteiger partial charge in [-0.15, -0.1) is 0 Å². The molecular formula is C11H8F2NO. The molecule has 0 amide bonds. The van der Waals surface area contributed by atoms with Crippen molar-refractivity contribution in [2.24, 2.45) is 7.05 Å². The predicted molar refractivity (Wildman–Crippen MR) is 50.7 cm³/mol. The van der Waals surface area contributed by atoms with Gasteiger partial charge in [0, 0.05) is 19.2 Å². The Morgan fingerprint density at radius 1 is 1.27 bits per heavy atom. The fraction of sp³-hybridized carbons (Fsp3) is 0.0909. The molecule has 77 valence electrons. The largest absolute Gasteiger partial charge is 0.438 e. The van der Waals surface area contributed by atoms with E-state index in [4.69, 9.17) is 4.74 Å². The third-order valence-corrected chi connectivity index (χ3v) is 1.93. The van der Waals surface area contributed by atoms with Gasteiger partial charge in [-0.25, -0.2) is 8.78 Å². The molecule has 1 radical (unpaired) electrons. The zero-order valence-corrected chi connectivity index (χ0v) is 8.00. The molecule has 0 saturated carbocycles. The van der Waals surface area contributed by atoms with Crippen LogP contribution in [0.15, 0.2) is 30.3 Å². The molecule has 1 aromatic carbocycles. The normalized spacial score (nSPS) is 10.3. The monoisotopic (exact) mass is 208 g/mol. The lowest BCUT2D eigenvalue weighted by Crippen LogP contribution is -1.94. The van der Waals surface area contributed by atoms with E-state index in [1.807, 2.05) is 0 Å². The molecule has 0 fully saturated rings. The maximum atomic E-state index is 13.2. The quantitative estimate of drug-likeness (QED) is 0.740. The van der Waals surface area contributed by atoms with Crippen molar-refractivity contribution in [1.82, 2.24) is 4.57 Å². The fourth-order valence-electron chi connectivity index (χ4n) is 1.17. The first kappa shape index (κ1) is 9.71. The minimum atomic E-state index is -0.726. The lowest BCUT2D eigenvalue weighted by molar-refractivity contribution is 0.409. The Labute approximate surface area is 85.7 Å². The second kappa shape index (κ2) is 3.73. The molecule has 0 N–H and O–H groups in total. The number of nitrogens with zero attached hydrogens (tertiary/aromatic N) is 1. The second-order valence-electron chi connectivity index (χ2n) is 3.04. The van der Waals surface area contributed by atoms with Crippen molar-refractivity contribution in [3.05, 3.63) is 48.2 Å². The van der Waals surface area contributed by atoms with Crippen LogP contribution in [0.3, 0.4) is 0 Å². The summed E-state index contributed by atoms with van der Waals surface area (Å²) in [4.78, 5) is 0. The molecule has 0 aliphatic rings. The first-order valence-corrected chi connectivity index (χ1v) is 4.33. The summed E-state index contributed by atoms with van der Waals surface area (Å²) in [7, 11) is 1.72. The van der Waals surface area contributed by atoms with Crippen LogP contribution in [0.1, 0.15) is 0 Å². The molecule has 1 aromatic heterocycles. The van der Waals surface area contributed by atoms with Gasteiger partial charge in [-0.3, -0.25) is 0 Å². The van der Waals surface area contributed by atoms with Crippen molar-refractivity contribution >= 4 is 0 Å². The van der Waals surface area contributed by atoms with E-state index in [0.717, 1.165) is 12.1 Å². The Balaban J connectivity index is 2.29. The molecule has 0 bridgehead atoms. The Morgan fingerprint density at radius 2 is 2.07 bits per heavy atom. The number of aromatic nitrogens is 1. The molecule has 0 aliphatic heterocycles. The molecule has 0 unspecified atom stereocenters. The van der Waals surface area contributed by atoms with E-state index in [2.05, 4.69) is 6.20 Å². The van der Waals surface area contributed by atoms with Gasteiger partial charge in [0.1, 0.15) is 5.82 Å². The lowest BCUT2D eigenvalue weighted by atomic mass is 10.3. The Morgan fingerprint density at radius 3 is 2.67 bits per heavy atom. The van der Waals surface area contributed by atoms with Crippen molar-refractivity contribution in [2.45, 2.75) is 0 Å². The Hall–Kier alpha value is -1.84. The molecule has 4 heteroatoms. The van der Waals surface area contributed by atoms with Crippen LogP contribution in [0.5, 0.6) is 11.6 Å². The highest BCUT2D eigenvalue weighted by atomic mass is 19.1. The molecular weight excluding hydrogens is 200 g/mol. The summed E-state index contributed by atoms with van der Waals surface area (Å²) in [5.41, 5.74) is 0. The Bertz CT molecular complexity index is 479. The van der Waals surface area contributed by atoms with Crippen LogP contribution in [0.25, 0.3) is 0 Å². The van der Waals surface area contributed by atoms with Gasteiger partial charge >= 0.3 is 0 Å². The molecule has 2 rings (SSSR count). The van der Waals surface area contributed by atoms with Crippen LogP contribution in [0.2, 0.25) is 0 Å². The zero-order chi connectivity index (χ0) is 10.8. The van der Waals surface area contributed by atoms with Gasteiger partial charge < -0.3 is 9.30 Å². The van der Waals surface area contributed by atoms with E-state index >= 15 is 0 Å². The first-order chi connectivity index (χ1) is 7.16. The average Bonchev–Trinajstić information content (AvgIpc) is 2.57. The third kappa shape index (κ3) is 1.98. The molecule has 15 heavy (non-hydrogen) atoms. The first-order valence-electron chi connectivity index (χ1n) is 4.33. The zero-order valence-electron chi connectivity index (χ0n) is 8.00. The smallest absolute Gasteiger partial charge is 0.200 e. The van der Waals surface area contributed by atoms with Gasteiger partial charge in [-0.2, -0.15) is 0 Å². The number of rotatable bonds is 2. The standard InChI is InChI=1S/C11H8F2NO/c1-14-6-2-3-11(14)15-10-5-4-8(12)7-9(10)13/h2-5,7H,1H3. The number of benzene rings is 1. The maximum Gasteiger partial charge on any atom is 0.200 e. The number of hydrogen-bond donors (Lipinski definition) is 0. The van der Waals surface area contributed by atoms with Crippen LogP contribution in [-0.4, -0.2) is 4.57 Å². The van der Waals surface area contributed by atoms with Gasteiger partial charge in [0.15, 0.2) is 17.4 Å². The molecule has 0 saturated heterocycles. The number of aryl methyl sites for hydroxylation is 1. The molecule has 1 heterocycles. The minimum absolute atomic E-state index is 0.00778. The number of ether oxygens (including phenoxy) is 1. The summed E-state index contributed by atoms with van der Waals surface area (Å²) in [6, 6.07) is 6.46. The van der Waals surface area contributed by atoms with Crippen molar-refractivity contribution in [2.75, 3.05) is 0 Å². The average molecular weight is 208 g/mol. The number of hydrogen-bond acceptors (Lipinski definition) is 1. The van der Waals surface area contributed by atoms with Crippen molar-refractivity contribution in [1.29, 1.82) is 0 Å². The topological polar surface area (TPSA) is 14.2 Å². The predicted octanol–water partition coefficient (Wildman–Crippen LogP) is 2.90. The van der Waals surface area contributed by atoms with Crippen LogP contribution in [0.4, 0.5) is 8.78 Å². The van der Waals surface area contributed by atoms with E-state index in [0.29, 0.717) is 5.88 Å². The Kier molecular flexibility index (Phi) is 2.41. The van der Waals surface area contributed by atoms with Crippen LogP contribution < -0.4 is 4.74 Å². The molecule has 0 atom stereocenters. The molecule has 0 spiro atoms. The molecule has 0 aliphatic carbocycles. The summed E-state index contributed by atoms with van der Waals surface area (Å²) in [6.45, 7) is 0. The summed E-state index contributed by atoms with van der Waals surface area (Å²) in [5, 5.41) is 0. The second-order valence-corrected chi connectivity index (χ2v) is 3.04. The van der Waals surface area contributed by atoms with E-state index < -0.39 is 11.6 Å².